The SMILES string of the molecule is Cc1cnc(-c2ccncc2)n1CC1CCCN(S(=O)(=O)Cc2ccccc2F)C1. The van der Waals surface area contributed by atoms with Crippen LogP contribution in [0, 0.1) is 18.7 Å². The molecule has 1 aromatic carbocycles. The Labute approximate surface area is 176 Å². The van der Waals surface area contributed by atoms with E-state index in [-0.39, 0.29) is 17.2 Å². The van der Waals surface area contributed by atoms with Gasteiger partial charge in [0.1, 0.15) is 11.6 Å². The summed E-state index contributed by atoms with van der Waals surface area (Å²) in [5, 5.41) is 0. The van der Waals surface area contributed by atoms with E-state index in [9.17, 15) is 12.8 Å². The van der Waals surface area contributed by atoms with Gasteiger partial charge >= 0.3 is 0 Å². The Kier molecular flexibility index (Phi) is 5.97. The largest absolute Gasteiger partial charge is 0.328 e. The number of rotatable bonds is 6. The van der Waals surface area contributed by atoms with Crippen molar-refractivity contribution in [3.63, 3.8) is 0 Å². The average molecular weight is 429 g/mol. The molecule has 158 valence electrons. The Morgan fingerprint density at radius 3 is 2.70 bits per heavy atom. The maximum Gasteiger partial charge on any atom is 0.218 e. The number of benzene rings is 1. The molecule has 1 aliphatic heterocycles. The molecule has 8 heteroatoms. The quantitative estimate of drug-likeness (QED) is 0.601. The van der Waals surface area contributed by atoms with Gasteiger partial charge in [0.25, 0.3) is 0 Å². The van der Waals surface area contributed by atoms with Gasteiger partial charge in [0.15, 0.2) is 0 Å². The Morgan fingerprint density at radius 1 is 1.17 bits per heavy atom. The van der Waals surface area contributed by atoms with Gasteiger partial charge in [0.05, 0.1) is 5.75 Å². The van der Waals surface area contributed by atoms with Crippen molar-refractivity contribution in [3.05, 3.63) is 72.1 Å². The van der Waals surface area contributed by atoms with Crippen LogP contribution in [0.1, 0.15) is 24.1 Å². The van der Waals surface area contributed by atoms with Crippen LogP contribution in [0.15, 0.2) is 55.0 Å². The molecule has 2 aromatic heterocycles. The first-order valence-corrected chi connectivity index (χ1v) is 11.7. The third kappa shape index (κ3) is 4.44. The highest BCUT2D eigenvalue weighted by Crippen LogP contribution is 2.26. The molecule has 1 saturated heterocycles. The second-order valence-corrected chi connectivity index (χ2v) is 9.75. The summed E-state index contributed by atoms with van der Waals surface area (Å²) in [7, 11) is -3.58. The standard InChI is InChI=1S/C22H25FN4O2S/c1-17-13-25-22(19-8-10-24-11-9-19)27(17)15-18-5-4-12-26(14-18)30(28,29)16-20-6-2-3-7-21(20)23/h2-3,6-11,13,18H,4-5,12,14-16H2,1H3. The van der Waals surface area contributed by atoms with Crippen LogP contribution < -0.4 is 0 Å². The number of hydrogen-bond acceptors (Lipinski definition) is 4. The van der Waals surface area contributed by atoms with E-state index < -0.39 is 15.8 Å². The van der Waals surface area contributed by atoms with E-state index in [1.54, 1.807) is 24.5 Å². The smallest absolute Gasteiger partial charge is 0.218 e. The van der Waals surface area contributed by atoms with Crippen LogP contribution in [0.4, 0.5) is 4.39 Å². The fourth-order valence-electron chi connectivity index (χ4n) is 4.01. The highest BCUT2D eigenvalue weighted by Gasteiger charge is 2.30. The van der Waals surface area contributed by atoms with Crippen molar-refractivity contribution >= 4 is 10.0 Å². The minimum absolute atomic E-state index is 0.169. The molecule has 4 rings (SSSR count). The lowest BCUT2D eigenvalue weighted by Gasteiger charge is -2.32. The number of sulfonamides is 1. The van der Waals surface area contributed by atoms with Crippen molar-refractivity contribution in [1.29, 1.82) is 0 Å². The second kappa shape index (κ2) is 8.65. The first kappa shape index (κ1) is 20.7. The van der Waals surface area contributed by atoms with Crippen molar-refractivity contribution < 1.29 is 12.8 Å². The normalized spacial score (nSPS) is 17.9. The Hall–Kier alpha value is -2.58. The number of pyridine rings is 1. The molecule has 0 aliphatic carbocycles. The molecular formula is C22H25FN4O2S. The first-order valence-electron chi connectivity index (χ1n) is 10.1. The molecule has 0 radical (unpaired) electrons. The molecule has 0 bridgehead atoms. The lowest BCUT2D eigenvalue weighted by molar-refractivity contribution is 0.244. The maximum atomic E-state index is 14.0. The van der Waals surface area contributed by atoms with Crippen LogP contribution in [-0.2, 0) is 22.3 Å². The topological polar surface area (TPSA) is 68.1 Å². The fourth-order valence-corrected chi connectivity index (χ4v) is 5.67. The molecule has 1 fully saturated rings. The number of imidazole rings is 1. The predicted octanol–water partition coefficient (Wildman–Crippen LogP) is 3.63. The number of aromatic nitrogens is 3. The third-order valence-electron chi connectivity index (χ3n) is 5.61. The van der Waals surface area contributed by atoms with E-state index in [1.807, 2.05) is 25.3 Å². The zero-order valence-electron chi connectivity index (χ0n) is 16.9. The minimum atomic E-state index is -3.58. The summed E-state index contributed by atoms with van der Waals surface area (Å²) in [6.45, 7) is 3.61. The van der Waals surface area contributed by atoms with Gasteiger partial charge in [-0.05, 0) is 43.9 Å². The number of aryl methyl sites for hydroxylation is 1. The molecule has 1 atom stereocenters. The zero-order chi connectivity index (χ0) is 21.1. The third-order valence-corrected chi connectivity index (χ3v) is 7.40. The van der Waals surface area contributed by atoms with E-state index >= 15 is 0 Å². The van der Waals surface area contributed by atoms with Crippen molar-refractivity contribution in [1.82, 2.24) is 18.8 Å². The van der Waals surface area contributed by atoms with Gasteiger partial charge in [0, 0.05) is 55.0 Å². The molecule has 0 amide bonds. The summed E-state index contributed by atoms with van der Waals surface area (Å²) in [4.78, 5) is 8.61. The Morgan fingerprint density at radius 2 is 1.93 bits per heavy atom. The fraction of sp³-hybridized carbons (Fsp3) is 0.364. The van der Waals surface area contributed by atoms with Gasteiger partial charge in [-0.25, -0.2) is 22.1 Å². The lowest BCUT2D eigenvalue weighted by Crippen LogP contribution is -2.41. The minimum Gasteiger partial charge on any atom is -0.328 e. The second-order valence-electron chi connectivity index (χ2n) is 7.78. The molecule has 0 saturated carbocycles. The van der Waals surface area contributed by atoms with Gasteiger partial charge in [-0.3, -0.25) is 4.98 Å². The van der Waals surface area contributed by atoms with Crippen molar-refractivity contribution in [2.75, 3.05) is 13.1 Å². The van der Waals surface area contributed by atoms with Gasteiger partial charge in [-0.1, -0.05) is 18.2 Å². The highest BCUT2D eigenvalue weighted by molar-refractivity contribution is 7.88. The summed E-state index contributed by atoms with van der Waals surface area (Å²) in [5.41, 5.74) is 2.23. The number of nitrogens with zero attached hydrogens (tertiary/aromatic N) is 4. The monoisotopic (exact) mass is 428 g/mol. The number of piperidine rings is 1. The molecule has 30 heavy (non-hydrogen) atoms. The summed E-state index contributed by atoms with van der Waals surface area (Å²) < 4.78 is 43.5. The highest BCUT2D eigenvalue weighted by atomic mass is 32.2. The molecule has 3 heterocycles. The van der Waals surface area contributed by atoms with Crippen molar-refractivity contribution in [2.24, 2.45) is 5.92 Å². The first-order chi connectivity index (χ1) is 14.4. The van der Waals surface area contributed by atoms with Crippen LogP contribution in [0.25, 0.3) is 11.4 Å². The van der Waals surface area contributed by atoms with Crippen LogP contribution >= 0.6 is 0 Å². The van der Waals surface area contributed by atoms with E-state index in [1.165, 1.54) is 16.4 Å². The molecule has 6 nitrogen and oxygen atoms in total. The molecule has 0 spiro atoms. The van der Waals surface area contributed by atoms with Gasteiger partial charge < -0.3 is 4.57 Å². The molecule has 1 aliphatic rings. The maximum absolute atomic E-state index is 14.0. The summed E-state index contributed by atoms with van der Waals surface area (Å²) in [6.07, 6.45) is 7.05. The van der Waals surface area contributed by atoms with E-state index in [0.29, 0.717) is 19.6 Å². The van der Waals surface area contributed by atoms with Crippen LogP contribution in [0.3, 0.4) is 0 Å². The van der Waals surface area contributed by atoms with E-state index in [4.69, 9.17) is 0 Å². The number of halogens is 1. The Bertz CT molecular complexity index is 1120. The summed E-state index contributed by atoms with van der Waals surface area (Å²) in [5.74, 6) is 0.244. The van der Waals surface area contributed by atoms with Gasteiger partial charge in [0.2, 0.25) is 10.0 Å². The van der Waals surface area contributed by atoms with Crippen molar-refractivity contribution in [3.8, 4) is 11.4 Å². The predicted molar refractivity (Wildman–Crippen MR) is 114 cm³/mol. The van der Waals surface area contributed by atoms with E-state index in [0.717, 1.165) is 29.9 Å². The average Bonchev–Trinajstić information content (AvgIpc) is 3.11. The summed E-state index contributed by atoms with van der Waals surface area (Å²) in [6, 6.07) is 9.90. The summed E-state index contributed by atoms with van der Waals surface area (Å²) >= 11 is 0. The van der Waals surface area contributed by atoms with Gasteiger partial charge in [-0.15, -0.1) is 0 Å². The van der Waals surface area contributed by atoms with Gasteiger partial charge in [-0.2, -0.15) is 0 Å². The zero-order valence-corrected chi connectivity index (χ0v) is 17.7. The Balaban J connectivity index is 1.50. The van der Waals surface area contributed by atoms with Crippen LogP contribution in [0.5, 0.6) is 0 Å². The van der Waals surface area contributed by atoms with Crippen molar-refractivity contribution in [2.45, 2.75) is 32.1 Å². The van der Waals surface area contributed by atoms with Crippen LogP contribution in [0.2, 0.25) is 0 Å². The molecule has 3 aromatic rings. The molecule has 0 N–H and O–H groups in total. The molecule has 1 unspecified atom stereocenters. The number of hydrogen-bond donors (Lipinski definition) is 0. The van der Waals surface area contributed by atoms with Crippen LogP contribution in [-0.4, -0.2) is 40.3 Å². The molecular weight excluding hydrogens is 403 g/mol. The lowest BCUT2D eigenvalue weighted by atomic mass is 9.99. The van der Waals surface area contributed by atoms with E-state index in [2.05, 4.69) is 14.5 Å².